The molecule has 0 heterocycles. The molecule has 0 radical (unpaired) electrons. The zero-order valence-corrected chi connectivity index (χ0v) is 21.5. The number of methoxy groups -OCH3 is 2. The zero-order valence-electron chi connectivity index (χ0n) is 19.8. The van der Waals surface area contributed by atoms with Crippen LogP contribution in [0.15, 0.2) is 83.8 Å². The normalized spacial score (nSPS) is 11.0. The maximum absolute atomic E-state index is 13.5. The van der Waals surface area contributed by atoms with E-state index in [1.165, 1.54) is 31.9 Å². The van der Waals surface area contributed by atoms with Gasteiger partial charge in [-0.1, -0.05) is 42.5 Å². The lowest BCUT2D eigenvalue weighted by atomic mass is 10.2. The van der Waals surface area contributed by atoms with Gasteiger partial charge in [0.1, 0.15) is 18.0 Å². The number of hydrogen-bond donors (Lipinski definition) is 1. The molecular formula is C26H30N2O5S2. The van der Waals surface area contributed by atoms with Crippen LogP contribution in [0.25, 0.3) is 0 Å². The van der Waals surface area contributed by atoms with Crippen LogP contribution < -0.4 is 19.1 Å². The van der Waals surface area contributed by atoms with Crippen LogP contribution >= 0.6 is 11.8 Å². The summed E-state index contributed by atoms with van der Waals surface area (Å²) in [5, 5.41) is 2.84. The highest BCUT2D eigenvalue weighted by molar-refractivity contribution is 7.98. The lowest BCUT2D eigenvalue weighted by molar-refractivity contribution is -0.119. The maximum atomic E-state index is 13.5. The van der Waals surface area contributed by atoms with Crippen LogP contribution in [0.2, 0.25) is 0 Å². The van der Waals surface area contributed by atoms with E-state index in [1.807, 2.05) is 18.2 Å². The average molecular weight is 515 g/mol. The third-order valence-corrected chi connectivity index (χ3v) is 8.08. The summed E-state index contributed by atoms with van der Waals surface area (Å²) in [5.41, 5.74) is 1.55. The van der Waals surface area contributed by atoms with Crippen molar-refractivity contribution in [3.63, 3.8) is 0 Å². The minimum Gasteiger partial charge on any atom is -0.497 e. The summed E-state index contributed by atoms with van der Waals surface area (Å²) in [6.45, 7) is 0.0921. The van der Waals surface area contributed by atoms with Crippen molar-refractivity contribution in [3.05, 3.63) is 84.4 Å². The Morgan fingerprint density at radius 1 is 0.914 bits per heavy atom. The second kappa shape index (κ2) is 13.1. The first kappa shape index (κ1) is 26.4. The quantitative estimate of drug-likeness (QED) is 0.342. The van der Waals surface area contributed by atoms with Gasteiger partial charge in [-0.05, 0) is 54.1 Å². The predicted molar refractivity (Wildman–Crippen MR) is 141 cm³/mol. The summed E-state index contributed by atoms with van der Waals surface area (Å²) in [4.78, 5) is 12.8. The average Bonchev–Trinajstić information content (AvgIpc) is 2.89. The lowest BCUT2D eigenvalue weighted by Gasteiger charge is -2.25. The van der Waals surface area contributed by atoms with Crippen molar-refractivity contribution in [1.29, 1.82) is 0 Å². The van der Waals surface area contributed by atoms with E-state index >= 15 is 0 Å². The SMILES string of the molecule is COc1ccc(S(=O)(=O)N(CC(=O)NCCCSCc2ccccc2)c2ccccc2OC)cc1. The molecule has 186 valence electrons. The summed E-state index contributed by atoms with van der Waals surface area (Å²) in [6, 6.07) is 23.0. The van der Waals surface area contributed by atoms with Crippen LogP contribution in [0.1, 0.15) is 12.0 Å². The molecule has 0 unspecified atom stereocenters. The smallest absolute Gasteiger partial charge is 0.264 e. The highest BCUT2D eigenvalue weighted by atomic mass is 32.2. The highest BCUT2D eigenvalue weighted by Gasteiger charge is 2.29. The Morgan fingerprint density at radius 2 is 1.60 bits per heavy atom. The van der Waals surface area contributed by atoms with Crippen molar-refractivity contribution in [2.24, 2.45) is 0 Å². The fourth-order valence-corrected chi connectivity index (χ4v) is 5.72. The van der Waals surface area contributed by atoms with E-state index in [2.05, 4.69) is 17.4 Å². The fraction of sp³-hybridized carbons (Fsp3) is 0.269. The molecule has 9 heteroatoms. The number of benzene rings is 3. The zero-order chi connectivity index (χ0) is 25.1. The van der Waals surface area contributed by atoms with Gasteiger partial charge >= 0.3 is 0 Å². The van der Waals surface area contributed by atoms with Gasteiger partial charge < -0.3 is 14.8 Å². The van der Waals surface area contributed by atoms with Crippen LogP contribution in [-0.2, 0) is 20.6 Å². The molecule has 0 saturated carbocycles. The number of carbonyl (C=O) groups excluding carboxylic acids is 1. The van der Waals surface area contributed by atoms with Crippen molar-refractivity contribution in [3.8, 4) is 11.5 Å². The van der Waals surface area contributed by atoms with Gasteiger partial charge in [0.15, 0.2) is 0 Å². The van der Waals surface area contributed by atoms with Crippen molar-refractivity contribution in [2.45, 2.75) is 17.1 Å². The van der Waals surface area contributed by atoms with Crippen LogP contribution in [0.3, 0.4) is 0 Å². The van der Waals surface area contributed by atoms with Gasteiger partial charge in [0, 0.05) is 12.3 Å². The van der Waals surface area contributed by atoms with Gasteiger partial charge in [0.2, 0.25) is 5.91 Å². The van der Waals surface area contributed by atoms with Gasteiger partial charge in [0.25, 0.3) is 10.0 Å². The Labute approximate surface area is 211 Å². The van der Waals surface area contributed by atoms with Crippen LogP contribution in [0, 0.1) is 0 Å². The second-order valence-corrected chi connectivity index (χ2v) is 10.6. The van der Waals surface area contributed by atoms with E-state index in [9.17, 15) is 13.2 Å². The van der Waals surface area contributed by atoms with Crippen molar-refractivity contribution >= 4 is 33.4 Å². The van der Waals surface area contributed by atoms with Crippen LogP contribution in [-0.4, -0.2) is 47.4 Å². The van der Waals surface area contributed by atoms with E-state index in [0.29, 0.717) is 23.7 Å². The summed E-state index contributed by atoms with van der Waals surface area (Å²) >= 11 is 1.79. The number of amides is 1. The molecule has 0 atom stereocenters. The largest absolute Gasteiger partial charge is 0.497 e. The molecule has 0 aliphatic heterocycles. The van der Waals surface area contributed by atoms with E-state index in [-0.39, 0.29) is 17.3 Å². The van der Waals surface area contributed by atoms with Crippen LogP contribution in [0.4, 0.5) is 5.69 Å². The predicted octanol–water partition coefficient (Wildman–Crippen LogP) is 4.34. The lowest BCUT2D eigenvalue weighted by Crippen LogP contribution is -2.41. The minimum atomic E-state index is -4.04. The molecule has 7 nitrogen and oxygen atoms in total. The first-order valence-electron chi connectivity index (χ1n) is 11.1. The molecule has 0 aliphatic carbocycles. The van der Waals surface area contributed by atoms with E-state index in [0.717, 1.165) is 22.2 Å². The molecule has 0 aromatic heterocycles. The van der Waals surface area contributed by atoms with Crippen molar-refractivity contribution < 1.29 is 22.7 Å². The molecule has 1 amide bonds. The molecule has 35 heavy (non-hydrogen) atoms. The summed E-state index contributed by atoms with van der Waals surface area (Å²) < 4.78 is 38.6. The number of anilines is 1. The molecule has 0 aliphatic rings. The number of para-hydroxylation sites is 2. The number of carbonyl (C=O) groups is 1. The van der Waals surface area contributed by atoms with Crippen LogP contribution in [0.5, 0.6) is 11.5 Å². The number of ether oxygens (including phenoxy) is 2. The maximum Gasteiger partial charge on any atom is 0.264 e. The highest BCUT2D eigenvalue weighted by Crippen LogP contribution is 2.32. The van der Waals surface area contributed by atoms with Gasteiger partial charge in [-0.25, -0.2) is 8.42 Å². The Kier molecular flexibility index (Phi) is 9.86. The first-order chi connectivity index (χ1) is 17.0. The Morgan fingerprint density at radius 3 is 2.29 bits per heavy atom. The third kappa shape index (κ3) is 7.40. The third-order valence-electron chi connectivity index (χ3n) is 5.19. The second-order valence-electron chi connectivity index (χ2n) is 7.60. The summed E-state index contributed by atoms with van der Waals surface area (Å²) in [7, 11) is -1.07. The molecule has 3 rings (SSSR count). The number of sulfonamides is 1. The molecule has 0 spiro atoms. The van der Waals surface area contributed by atoms with Crippen molar-refractivity contribution in [1.82, 2.24) is 5.32 Å². The number of thioether (sulfide) groups is 1. The molecular weight excluding hydrogens is 484 g/mol. The Balaban J connectivity index is 1.66. The van der Waals surface area contributed by atoms with E-state index < -0.39 is 10.0 Å². The van der Waals surface area contributed by atoms with E-state index in [4.69, 9.17) is 9.47 Å². The van der Waals surface area contributed by atoms with Gasteiger partial charge in [-0.3, -0.25) is 9.10 Å². The number of nitrogens with zero attached hydrogens (tertiary/aromatic N) is 1. The topological polar surface area (TPSA) is 84.9 Å². The number of nitrogens with one attached hydrogen (secondary N) is 1. The Bertz CT molecular complexity index is 1190. The summed E-state index contributed by atoms with van der Waals surface area (Å²) in [6.07, 6.45) is 0.781. The Hall–Kier alpha value is -3.17. The molecule has 0 fully saturated rings. The summed E-state index contributed by atoms with van der Waals surface area (Å²) in [5.74, 6) is 2.30. The van der Waals surface area contributed by atoms with Gasteiger partial charge in [0.05, 0.1) is 24.8 Å². The fourth-order valence-electron chi connectivity index (χ4n) is 3.36. The molecule has 0 bridgehead atoms. The number of hydrogen-bond acceptors (Lipinski definition) is 6. The monoisotopic (exact) mass is 514 g/mol. The standard InChI is InChI=1S/C26H30N2O5S2/c1-32-22-13-15-23(16-14-22)35(30,31)28(24-11-6-7-12-25(24)33-2)19-26(29)27-17-8-18-34-20-21-9-4-3-5-10-21/h3-7,9-16H,8,17-20H2,1-2H3,(H,27,29). The first-order valence-corrected chi connectivity index (χ1v) is 13.7. The molecule has 1 N–H and O–H groups in total. The van der Waals surface area contributed by atoms with Gasteiger partial charge in [-0.15, -0.1) is 0 Å². The molecule has 3 aromatic rings. The van der Waals surface area contributed by atoms with E-state index in [1.54, 1.807) is 48.2 Å². The van der Waals surface area contributed by atoms with Crippen molar-refractivity contribution in [2.75, 3.05) is 37.4 Å². The molecule has 0 saturated heterocycles. The number of rotatable bonds is 13. The van der Waals surface area contributed by atoms with Gasteiger partial charge in [-0.2, -0.15) is 11.8 Å². The minimum absolute atomic E-state index is 0.0503. The molecule has 3 aromatic carbocycles.